The monoisotopic (exact) mass is 843 g/mol. The number of hydrazine groups is 1. The largest absolute Gasteiger partial charge is 0.508 e. The Morgan fingerprint density at radius 1 is 0.869 bits per heavy atom. The van der Waals surface area contributed by atoms with Crippen LogP contribution in [0.3, 0.4) is 0 Å². The first-order valence-electron chi connectivity index (χ1n) is 19.8. The minimum atomic E-state index is -4.83. The molecule has 0 unspecified atom stereocenters. The molecule has 4 aromatic carbocycles. The Kier molecular flexibility index (Phi) is 9.93. The minimum absolute atomic E-state index is 0.0225. The lowest BCUT2D eigenvalue weighted by molar-refractivity contribution is -0.141. The van der Waals surface area contributed by atoms with E-state index in [1.54, 1.807) is 72.8 Å². The highest BCUT2D eigenvalue weighted by Gasteiger charge is 2.66. The Morgan fingerprint density at radius 2 is 1.54 bits per heavy atom. The van der Waals surface area contributed by atoms with Crippen molar-refractivity contribution in [2.75, 3.05) is 12.1 Å². The molecule has 9 rings (SSSR count). The number of imide groups is 1. The van der Waals surface area contributed by atoms with Crippen LogP contribution in [0, 0.1) is 23.7 Å². The highest BCUT2D eigenvalue weighted by molar-refractivity contribution is 6.33. The van der Waals surface area contributed by atoms with Crippen molar-refractivity contribution in [1.29, 1.82) is 0 Å². The SMILES string of the molecule is CN(c1nc(C(F)(F)F)ccc1Cl)N1C(=O)[C@H]2[C@H](CC=C3[C@H]2C[C@H]2C(=O)C(c4ccccc4)=CC(=O)[C@@]2(c2ccccc2)[C@H]3c2ccc(OCc3ccccc3)cc2O)C1=O. The number of aromatic hydroxyl groups is 1. The zero-order valence-electron chi connectivity index (χ0n) is 32.6. The predicted octanol–water partition coefficient (Wildman–Crippen LogP) is 8.91. The number of fused-ring (bicyclic) bond motifs is 4. The Labute approximate surface area is 353 Å². The molecular formula is C48H37ClF3N3O6. The number of hydrogen-bond donors (Lipinski definition) is 1. The van der Waals surface area contributed by atoms with E-state index in [1.165, 1.54) is 19.2 Å². The van der Waals surface area contributed by atoms with Crippen molar-refractivity contribution in [2.45, 2.75) is 37.0 Å². The van der Waals surface area contributed by atoms with Crippen LogP contribution in [-0.2, 0) is 37.4 Å². The molecule has 5 aromatic rings. The minimum Gasteiger partial charge on any atom is -0.508 e. The number of aromatic nitrogens is 1. The number of benzene rings is 4. The van der Waals surface area contributed by atoms with Crippen molar-refractivity contribution in [3.63, 3.8) is 0 Å². The van der Waals surface area contributed by atoms with Gasteiger partial charge in [0, 0.05) is 36.1 Å². The molecule has 2 fully saturated rings. The molecule has 0 bridgehead atoms. The molecule has 0 spiro atoms. The average molecular weight is 844 g/mol. The molecule has 1 aromatic heterocycles. The van der Waals surface area contributed by atoms with Gasteiger partial charge in [-0.05, 0) is 59.7 Å². The van der Waals surface area contributed by atoms with E-state index in [-0.39, 0.29) is 47.4 Å². The number of alkyl halides is 3. The third-order valence-corrected chi connectivity index (χ3v) is 12.9. The third kappa shape index (κ3) is 6.51. The van der Waals surface area contributed by atoms with Gasteiger partial charge in [0.2, 0.25) is 0 Å². The van der Waals surface area contributed by atoms with Crippen LogP contribution in [-0.4, -0.2) is 45.5 Å². The van der Waals surface area contributed by atoms with Gasteiger partial charge >= 0.3 is 6.18 Å². The van der Waals surface area contributed by atoms with Crippen LogP contribution in [0.5, 0.6) is 11.5 Å². The first kappa shape index (κ1) is 39.9. The highest BCUT2D eigenvalue weighted by Crippen LogP contribution is 2.64. The van der Waals surface area contributed by atoms with Gasteiger partial charge in [-0.1, -0.05) is 120 Å². The summed E-state index contributed by atoms with van der Waals surface area (Å²) in [7, 11) is 1.25. The Bertz CT molecular complexity index is 2660. The van der Waals surface area contributed by atoms with Gasteiger partial charge in [-0.3, -0.25) is 24.2 Å². The molecule has 4 aliphatic rings. The number of halogens is 4. The zero-order valence-corrected chi connectivity index (χ0v) is 33.3. The number of nitrogens with zero attached hydrogens (tertiary/aromatic N) is 3. The number of rotatable bonds is 8. The fourth-order valence-corrected chi connectivity index (χ4v) is 10.2. The lowest BCUT2D eigenvalue weighted by Gasteiger charge is -2.55. The third-order valence-electron chi connectivity index (χ3n) is 12.6. The molecule has 1 N–H and O–H groups in total. The van der Waals surface area contributed by atoms with E-state index < -0.39 is 64.5 Å². The number of phenols is 1. The van der Waals surface area contributed by atoms with E-state index in [4.69, 9.17) is 16.3 Å². The number of hydrogen-bond acceptors (Lipinski definition) is 8. The maximum absolute atomic E-state index is 15.4. The number of Topliss-reactive ketones (excluding diaryl/α,β-unsaturated/α-hetero) is 1. The molecule has 3 aliphatic carbocycles. The summed E-state index contributed by atoms with van der Waals surface area (Å²) in [5.41, 5.74) is 0.232. The summed E-state index contributed by atoms with van der Waals surface area (Å²) >= 11 is 6.35. The topological polar surface area (TPSA) is 117 Å². The van der Waals surface area contributed by atoms with Gasteiger partial charge in [0.25, 0.3) is 11.8 Å². The van der Waals surface area contributed by atoms with Crippen molar-refractivity contribution in [2.24, 2.45) is 23.7 Å². The second-order valence-corrected chi connectivity index (χ2v) is 16.2. The van der Waals surface area contributed by atoms with E-state index in [2.05, 4.69) is 4.98 Å². The molecule has 2 amide bonds. The molecule has 1 aliphatic heterocycles. The summed E-state index contributed by atoms with van der Waals surface area (Å²) < 4.78 is 47.4. The lowest BCUT2D eigenvalue weighted by Crippen LogP contribution is -2.59. The van der Waals surface area contributed by atoms with Crippen molar-refractivity contribution in [1.82, 2.24) is 9.99 Å². The van der Waals surface area contributed by atoms with Gasteiger partial charge < -0.3 is 9.84 Å². The number of ether oxygens (including phenoxy) is 1. The summed E-state index contributed by atoms with van der Waals surface area (Å²) in [5.74, 6) is -7.33. The molecular weight excluding hydrogens is 807 g/mol. The molecule has 9 nitrogen and oxygen atoms in total. The van der Waals surface area contributed by atoms with Crippen molar-refractivity contribution < 1.29 is 42.2 Å². The van der Waals surface area contributed by atoms with Crippen LogP contribution in [0.25, 0.3) is 5.57 Å². The Balaban J connectivity index is 1.19. The van der Waals surface area contributed by atoms with Crippen LogP contribution in [0.2, 0.25) is 5.02 Å². The second-order valence-electron chi connectivity index (χ2n) is 15.8. The predicted molar refractivity (Wildman–Crippen MR) is 220 cm³/mol. The number of phenolic OH excluding ortho intramolecular Hbond substituents is 1. The summed E-state index contributed by atoms with van der Waals surface area (Å²) in [6.07, 6.45) is -1.60. The number of carbonyl (C=O) groups is 4. The van der Waals surface area contributed by atoms with Crippen molar-refractivity contribution in [3.05, 3.63) is 172 Å². The van der Waals surface area contributed by atoms with Gasteiger partial charge in [0.1, 0.15) is 23.8 Å². The van der Waals surface area contributed by atoms with Crippen LogP contribution >= 0.6 is 11.6 Å². The van der Waals surface area contributed by atoms with E-state index in [0.29, 0.717) is 34.1 Å². The van der Waals surface area contributed by atoms with E-state index in [0.717, 1.165) is 21.6 Å². The van der Waals surface area contributed by atoms with E-state index >= 15 is 9.59 Å². The fourth-order valence-electron chi connectivity index (χ4n) is 10.0. The summed E-state index contributed by atoms with van der Waals surface area (Å²) in [4.78, 5) is 63.4. The van der Waals surface area contributed by atoms with Crippen LogP contribution in [0.15, 0.2) is 139 Å². The second kappa shape index (κ2) is 15.2. The van der Waals surface area contributed by atoms with Crippen molar-refractivity contribution >= 4 is 46.4 Å². The maximum atomic E-state index is 15.4. The summed E-state index contributed by atoms with van der Waals surface area (Å²) in [6, 6.07) is 33.8. The van der Waals surface area contributed by atoms with E-state index in [1.807, 2.05) is 36.4 Å². The maximum Gasteiger partial charge on any atom is 0.433 e. The first-order valence-corrected chi connectivity index (χ1v) is 20.1. The van der Waals surface area contributed by atoms with Gasteiger partial charge in [-0.25, -0.2) is 4.98 Å². The fraction of sp³-hybridized carbons (Fsp3) is 0.229. The number of pyridine rings is 1. The summed E-state index contributed by atoms with van der Waals surface area (Å²) in [5, 5.41) is 13.6. The molecule has 13 heteroatoms. The number of amides is 2. The molecule has 61 heavy (non-hydrogen) atoms. The van der Waals surface area contributed by atoms with E-state index in [9.17, 15) is 27.9 Å². The molecule has 1 saturated carbocycles. The number of carbonyl (C=O) groups excluding carboxylic acids is 4. The van der Waals surface area contributed by atoms with Gasteiger partial charge in [-0.2, -0.15) is 18.2 Å². The number of allylic oxidation sites excluding steroid dienone is 4. The smallest absolute Gasteiger partial charge is 0.433 e. The first-order chi connectivity index (χ1) is 29.3. The lowest BCUT2D eigenvalue weighted by atomic mass is 9.44. The highest BCUT2D eigenvalue weighted by atomic mass is 35.5. The Morgan fingerprint density at radius 3 is 2.21 bits per heavy atom. The van der Waals surface area contributed by atoms with Crippen LogP contribution < -0.4 is 9.75 Å². The van der Waals surface area contributed by atoms with Gasteiger partial charge in [0.05, 0.1) is 22.3 Å². The van der Waals surface area contributed by atoms with Gasteiger partial charge in [0.15, 0.2) is 17.4 Å². The van der Waals surface area contributed by atoms with Gasteiger partial charge in [-0.15, -0.1) is 0 Å². The van der Waals surface area contributed by atoms with Crippen LogP contribution in [0.1, 0.15) is 46.7 Å². The molecule has 2 heterocycles. The summed E-state index contributed by atoms with van der Waals surface area (Å²) in [6.45, 7) is 0.220. The molecule has 0 radical (unpaired) electrons. The van der Waals surface area contributed by atoms with Crippen LogP contribution in [0.4, 0.5) is 19.0 Å². The average Bonchev–Trinajstić information content (AvgIpc) is 3.52. The molecule has 308 valence electrons. The molecule has 6 atom stereocenters. The quantitative estimate of drug-likeness (QED) is 0.122. The number of anilines is 1. The zero-order chi connectivity index (χ0) is 42.8. The number of ketones is 2. The van der Waals surface area contributed by atoms with Crippen molar-refractivity contribution in [3.8, 4) is 11.5 Å². The normalized spacial score (nSPS) is 24.7. The standard InChI is InChI=1S/C48H37ClF3N3O6/c1-54(44-37(49)21-22-39(53-44)48(50,51)52)55-45(59)33-20-19-31-35(41(33)46(55)60)24-36-43(58)34(28-13-7-3-8-14-28)25-40(57)47(36,29-15-9-4-10-16-29)42(31)32-18-17-30(23-38(32)56)61-26-27-11-5-2-6-12-27/h2-19,21-23,25,33,35-36,41-42,56H,20,24,26H2,1H3/t33-,35+,36-,41-,42+,47-/m0/s1. The Hall–Kier alpha value is -6.53. The molecule has 1 saturated heterocycles.